The Labute approximate surface area is 158 Å². The molecule has 4 rings (SSSR count). The van der Waals surface area contributed by atoms with E-state index in [-0.39, 0.29) is 23.8 Å². The average molecular weight is 367 g/mol. The predicted molar refractivity (Wildman–Crippen MR) is 101 cm³/mol. The molecule has 0 aliphatic carbocycles. The van der Waals surface area contributed by atoms with Gasteiger partial charge in [0.05, 0.1) is 13.2 Å². The first-order valence-corrected chi connectivity index (χ1v) is 9.31. The van der Waals surface area contributed by atoms with Crippen LogP contribution in [0.2, 0.25) is 0 Å². The summed E-state index contributed by atoms with van der Waals surface area (Å²) in [4.78, 5) is 21.1. The van der Waals surface area contributed by atoms with Crippen LogP contribution in [0.3, 0.4) is 0 Å². The van der Waals surface area contributed by atoms with Crippen LogP contribution in [0.5, 0.6) is 0 Å². The quantitative estimate of drug-likeness (QED) is 0.773. The van der Waals surface area contributed by atoms with Gasteiger partial charge in [-0.3, -0.25) is 14.8 Å². The lowest BCUT2D eigenvalue weighted by atomic mass is 9.82. The SMILES string of the molecule is Cc1nc(CN2C[C@H]3CN(C(=O)/C=C/c4ccccc4)C[C@@]3(CO)C2)n[nH]1. The number of aromatic amines is 1. The molecule has 1 aromatic carbocycles. The fraction of sp³-hybridized carbons (Fsp3) is 0.450. The van der Waals surface area contributed by atoms with E-state index in [1.54, 1.807) is 6.08 Å². The summed E-state index contributed by atoms with van der Waals surface area (Å²) in [5.74, 6) is 1.87. The zero-order chi connectivity index (χ0) is 18.9. The number of carbonyl (C=O) groups is 1. The molecule has 7 heteroatoms. The van der Waals surface area contributed by atoms with Crippen molar-refractivity contribution in [2.75, 3.05) is 32.8 Å². The second-order valence-corrected chi connectivity index (χ2v) is 7.69. The zero-order valence-electron chi connectivity index (χ0n) is 15.5. The lowest BCUT2D eigenvalue weighted by Gasteiger charge is -2.26. The van der Waals surface area contributed by atoms with Crippen LogP contribution < -0.4 is 0 Å². The molecule has 2 atom stereocenters. The number of nitrogens with one attached hydrogen (secondary N) is 1. The highest BCUT2D eigenvalue weighted by Crippen LogP contribution is 2.42. The maximum absolute atomic E-state index is 12.6. The molecule has 1 aromatic heterocycles. The van der Waals surface area contributed by atoms with Crippen LogP contribution in [0.25, 0.3) is 6.08 Å². The monoisotopic (exact) mass is 367 g/mol. The van der Waals surface area contributed by atoms with Crippen LogP contribution >= 0.6 is 0 Å². The molecule has 7 nitrogen and oxygen atoms in total. The van der Waals surface area contributed by atoms with Crippen molar-refractivity contribution in [3.05, 3.63) is 53.6 Å². The molecule has 1 amide bonds. The highest BCUT2D eigenvalue weighted by molar-refractivity contribution is 5.92. The van der Waals surface area contributed by atoms with Crippen molar-refractivity contribution in [1.82, 2.24) is 25.0 Å². The largest absolute Gasteiger partial charge is 0.396 e. The molecule has 2 saturated heterocycles. The van der Waals surface area contributed by atoms with Crippen LogP contribution in [0, 0.1) is 18.3 Å². The maximum atomic E-state index is 12.6. The van der Waals surface area contributed by atoms with Crippen LogP contribution in [-0.2, 0) is 11.3 Å². The molecule has 27 heavy (non-hydrogen) atoms. The Morgan fingerprint density at radius 2 is 2.15 bits per heavy atom. The molecule has 0 saturated carbocycles. The fourth-order valence-corrected chi connectivity index (χ4v) is 4.30. The van der Waals surface area contributed by atoms with Crippen molar-refractivity contribution in [3.8, 4) is 0 Å². The van der Waals surface area contributed by atoms with Crippen LogP contribution in [0.15, 0.2) is 36.4 Å². The summed E-state index contributed by atoms with van der Waals surface area (Å²) < 4.78 is 0. The molecular weight excluding hydrogens is 342 g/mol. The van der Waals surface area contributed by atoms with Crippen molar-refractivity contribution in [2.45, 2.75) is 13.5 Å². The average Bonchev–Trinajstić information content (AvgIpc) is 3.33. The van der Waals surface area contributed by atoms with E-state index >= 15 is 0 Å². The molecule has 3 heterocycles. The molecule has 2 fully saturated rings. The zero-order valence-corrected chi connectivity index (χ0v) is 15.5. The highest BCUT2D eigenvalue weighted by Gasteiger charge is 2.52. The second-order valence-electron chi connectivity index (χ2n) is 7.69. The number of amides is 1. The minimum atomic E-state index is -0.248. The number of rotatable bonds is 5. The lowest BCUT2D eigenvalue weighted by molar-refractivity contribution is -0.125. The molecule has 0 radical (unpaired) electrons. The summed E-state index contributed by atoms with van der Waals surface area (Å²) in [7, 11) is 0. The first-order valence-electron chi connectivity index (χ1n) is 9.31. The van der Waals surface area contributed by atoms with E-state index in [9.17, 15) is 9.90 Å². The van der Waals surface area contributed by atoms with Crippen LogP contribution in [0.4, 0.5) is 0 Å². The third-order valence-electron chi connectivity index (χ3n) is 5.68. The summed E-state index contributed by atoms with van der Waals surface area (Å²) >= 11 is 0. The van der Waals surface area contributed by atoms with Gasteiger partial charge in [-0.1, -0.05) is 30.3 Å². The van der Waals surface area contributed by atoms with E-state index in [0.717, 1.165) is 30.3 Å². The fourth-order valence-electron chi connectivity index (χ4n) is 4.30. The summed E-state index contributed by atoms with van der Waals surface area (Å²) in [6.07, 6.45) is 3.48. The Morgan fingerprint density at radius 1 is 1.33 bits per heavy atom. The van der Waals surface area contributed by atoms with Gasteiger partial charge < -0.3 is 10.0 Å². The highest BCUT2D eigenvalue weighted by atomic mass is 16.3. The number of benzene rings is 1. The third kappa shape index (κ3) is 3.65. The normalized spacial score (nSPS) is 25.4. The second kappa shape index (κ2) is 7.25. The summed E-state index contributed by atoms with van der Waals surface area (Å²) in [5.41, 5.74) is 0.761. The lowest BCUT2D eigenvalue weighted by Crippen LogP contribution is -2.38. The van der Waals surface area contributed by atoms with Gasteiger partial charge in [-0.15, -0.1) is 0 Å². The number of H-pyrrole nitrogens is 1. The summed E-state index contributed by atoms with van der Waals surface area (Å²) in [6, 6.07) is 9.81. The van der Waals surface area contributed by atoms with Gasteiger partial charge in [0.15, 0.2) is 5.82 Å². The van der Waals surface area contributed by atoms with Gasteiger partial charge in [-0.25, -0.2) is 4.98 Å². The van der Waals surface area contributed by atoms with E-state index in [1.165, 1.54) is 0 Å². The number of carbonyl (C=O) groups excluding carboxylic acids is 1. The first-order chi connectivity index (χ1) is 13.1. The molecule has 2 aliphatic heterocycles. The van der Waals surface area contributed by atoms with Gasteiger partial charge in [0.25, 0.3) is 0 Å². The molecule has 142 valence electrons. The maximum Gasteiger partial charge on any atom is 0.246 e. The minimum absolute atomic E-state index is 0.0113. The van der Waals surface area contributed by atoms with E-state index in [1.807, 2.05) is 48.2 Å². The number of hydrogen-bond donors (Lipinski definition) is 2. The van der Waals surface area contributed by atoms with Crippen molar-refractivity contribution in [3.63, 3.8) is 0 Å². The number of aryl methyl sites for hydroxylation is 1. The Morgan fingerprint density at radius 3 is 2.81 bits per heavy atom. The number of nitrogens with zero attached hydrogens (tertiary/aromatic N) is 4. The van der Waals surface area contributed by atoms with Crippen molar-refractivity contribution in [2.24, 2.45) is 11.3 Å². The number of fused-ring (bicyclic) bond motifs is 1. The first kappa shape index (κ1) is 17.9. The Balaban J connectivity index is 1.39. The molecule has 2 aliphatic rings. The van der Waals surface area contributed by atoms with E-state index < -0.39 is 0 Å². The van der Waals surface area contributed by atoms with Crippen molar-refractivity contribution >= 4 is 12.0 Å². The Kier molecular flexibility index (Phi) is 4.80. The van der Waals surface area contributed by atoms with Crippen LogP contribution in [0.1, 0.15) is 17.2 Å². The number of hydrogen-bond acceptors (Lipinski definition) is 5. The Hall–Kier alpha value is -2.51. The molecule has 2 aromatic rings. The minimum Gasteiger partial charge on any atom is -0.396 e. The predicted octanol–water partition coefficient (Wildman–Crippen LogP) is 1.08. The molecule has 2 N–H and O–H groups in total. The summed E-state index contributed by atoms with van der Waals surface area (Å²) in [5, 5.41) is 17.2. The number of aromatic nitrogens is 3. The standard InChI is InChI=1S/C20H25N5O2/c1-15-21-18(23-22-15)11-24-9-17-10-25(13-20(17,12-24)14-26)19(27)8-7-16-5-3-2-4-6-16/h2-8,17,26H,9-14H2,1H3,(H,21,22,23)/b8-7+/t17-,20+/m0/s1. The number of aliphatic hydroxyl groups is 1. The van der Waals surface area contributed by atoms with Gasteiger partial charge in [0.2, 0.25) is 5.91 Å². The van der Waals surface area contributed by atoms with Gasteiger partial charge in [0, 0.05) is 37.7 Å². The smallest absolute Gasteiger partial charge is 0.246 e. The van der Waals surface area contributed by atoms with Gasteiger partial charge in [-0.05, 0) is 24.5 Å². The molecule has 0 bridgehead atoms. The number of aliphatic hydroxyl groups excluding tert-OH is 1. The van der Waals surface area contributed by atoms with Crippen molar-refractivity contribution < 1.29 is 9.90 Å². The van der Waals surface area contributed by atoms with Gasteiger partial charge in [-0.2, -0.15) is 5.10 Å². The van der Waals surface area contributed by atoms with Gasteiger partial charge >= 0.3 is 0 Å². The summed E-state index contributed by atoms with van der Waals surface area (Å²) in [6.45, 7) is 5.53. The topological polar surface area (TPSA) is 85.3 Å². The van der Waals surface area contributed by atoms with E-state index in [4.69, 9.17) is 0 Å². The molecule has 0 spiro atoms. The Bertz CT molecular complexity index is 834. The van der Waals surface area contributed by atoms with E-state index in [0.29, 0.717) is 19.6 Å². The van der Waals surface area contributed by atoms with Crippen LogP contribution in [-0.4, -0.2) is 68.8 Å². The third-order valence-corrected chi connectivity index (χ3v) is 5.68. The number of likely N-dealkylation sites (tertiary alicyclic amines) is 2. The van der Waals surface area contributed by atoms with Gasteiger partial charge in [0.1, 0.15) is 5.82 Å². The molecule has 0 unspecified atom stereocenters. The van der Waals surface area contributed by atoms with Crippen molar-refractivity contribution in [1.29, 1.82) is 0 Å². The molecular formula is C20H25N5O2. The van der Waals surface area contributed by atoms with E-state index in [2.05, 4.69) is 20.1 Å².